The molecule has 0 saturated carbocycles. The zero-order chi connectivity index (χ0) is 12.0. The molecule has 1 aromatic carbocycles. The summed E-state index contributed by atoms with van der Waals surface area (Å²) in [6.07, 6.45) is 4.32. The number of nitrogens with two attached hydrogens (primary N) is 1. The van der Waals surface area contributed by atoms with Crippen molar-refractivity contribution in [2.24, 2.45) is 10.7 Å². The first-order valence-corrected chi connectivity index (χ1v) is 5.40. The molecule has 0 aliphatic rings. The van der Waals surface area contributed by atoms with Crippen molar-refractivity contribution in [3.8, 4) is 5.75 Å². The molecule has 0 heterocycles. The van der Waals surface area contributed by atoms with Crippen LogP contribution in [0.15, 0.2) is 29.4 Å². The average molecular weight is 218 g/mol. The van der Waals surface area contributed by atoms with Crippen molar-refractivity contribution >= 4 is 11.8 Å². The van der Waals surface area contributed by atoms with Gasteiger partial charge in [0.05, 0.1) is 0 Å². The van der Waals surface area contributed by atoms with Crippen LogP contribution in [0.4, 0.5) is 0 Å². The molecule has 0 aromatic heterocycles. The number of phenolic OH excluding ortho intramolecular Hbond substituents is 1. The third-order valence-electron chi connectivity index (χ3n) is 2.29. The summed E-state index contributed by atoms with van der Waals surface area (Å²) in [4.78, 5) is 4.25. The van der Waals surface area contributed by atoms with Crippen molar-refractivity contribution in [1.29, 1.82) is 0 Å². The third kappa shape index (κ3) is 3.12. The van der Waals surface area contributed by atoms with Crippen LogP contribution in [0.2, 0.25) is 0 Å². The Morgan fingerprint density at radius 2 is 2.25 bits per heavy atom. The first-order valence-electron chi connectivity index (χ1n) is 5.40. The summed E-state index contributed by atoms with van der Waals surface area (Å²) >= 11 is 0. The fraction of sp³-hybridized carbons (Fsp3) is 0.308. The van der Waals surface area contributed by atoms with E-state index < -0.39 is 0 Å². The number of allylic oxidation sites excluding steroid dienone is 1. The first kappa shape index (κ1) is 12.3. The van der Waals surface area contributed by atoms with Crippen LogP contribution in [0.25, 0.3) is 5.57 Å². The summed E-state index contributed by atoms with van der Waals surface area (Å²) in [5, 5.41) is 9.43. The van der Waals surface area contributed by atoms with Crippen LogP contribution in [0.3, 0.4) is 0 Å². The molecule has 0 bridgehead atoms. The topological polar surface area (TPSA) is 58.6 Å². The van der Waals surface area contributed by atoms with Gasteiger partial charge in [-0.2, -0.15) is 0 Å². The molecule has 0 spiro atoms. The Balaban J connectivity index is 2.92. The summed E-state index contributed by atoms with van der Waals surface area (Å²) in [6, 6.07) is 5.40. The van der Waals surface area contributed by atoms with E-state index in [1.165, 1.54) is 6.20 Å². The van der Waals surface area contributed by atoms with Crippen molar-refractivity contribution in [3.63, 3.8) is 0 Å². The van der Waals surface area contributed by atoms with E-state index >= 15 is 0 Å². The Bertz CT molecular complexity index is 408. The molecular weight excluding hydrogens is 200 g/mol. The number of phenols is 1. The van der Waals surface area contributed by atoms with E-state index in [1.807, 2.05) is 19.1 Å². The van der Waals surface area contributed by atoms with Gasteiger partial charge < -0.3 is 10.8 Å². The minimum absolute atomic E-state index is 0.297. The number of aliphatic imine (C=N–C) groups is 1. The van der Waals surface area contributed by atoms with Crippen molar-refractivity contribution < 1.29 is 5.11 Å². The van der Waals surface area contributed by atoms with Crippen LogP contribution < -0.4 is 5.73 Å². The minimum atomic E-state index is 0.297. The van der Waals surface area contributed by atoms with E-state index in [0.29, 0.717) is 5.75 Å². The largest absolute Gasteiger partial charge is 0.508 e. The highest BCUT2D eigenvalue weighted by atomic mass is 16.3. The zero-order valence-corrected chi connectivity index (χ0v) is 9.77. The fourth-order valence-corrected chi connectivity index (χ4v) is 1.34. The van der Waals surface area contributed by atoms with Crippen LogP contribution in [0.1, 0.15) is 24.5 Å². The number of aryl methyl sites for hydroxylation is 1. The van der Waals surface area contributed by atoms with Gasteiger partial charge in [-0.1, -0.05) is 13.0 Å². The molecule has 0 amide bonds. The second-order valence-electron chi connectivity index (χ2n) is 3.66. The predicted molar refractivity (Wildman–Crippen MR) is 68.7 cm³/mol. The second kappa shape index (κ2) is 5.95. The molecule has 86 valence electrons. The van der Waals surface area contributed by atoms with Gasteiger partial charge in [-0.3, -0.25) is 4.99 Å². The summed E-state index contributed by atoms with van der Waals surface area (Å²) in [5.41, 5.74) is 8.24. The highest BCUT2D eigenvalue weighted by Crippen LogP contribution is 2.20. The first-order chi connectivity index (χ1) is 7.69. The van der Waals surface area contributed by atoms with Gasteiger partial charge in [-0.05, 0) is 36.6 Å². The van der Waals surface area contributed by atoms with Crippen molar-refractivity contribution in [3.05, 3.63) is 35.5 Å². The zero-order valence-electron chi connectivity index (χ0n) is 9.77. The van der Waals surface area contributed by atoms with E-state index in [-0.39, 0.29) is 0 Å². The summed E-state index contributed by atoms with van der Waals surface area (Å²) in [5.74, 6) is 0.297. The lowest BCUT2D eigenvalue weighted by Gasteiger charge is -2.04. The van der Waals surface area contributed by atoms with Gasteiger partial charge in [0.15, 0.2) is 0 Å². The average Bonchev–Trinajstić information content (AvgIpc) is 2.29. The number of rotatable bonds is 4. The van der Waals surface area contributed by atoms with Crippen molar-refractivity contribution in [1.82, 2.24) is 0 Å². The fourth-order valence-electron chi connectivity index (χ4n) is 1.34. The molecular formula is C13H18N2O. The van der Waals surface area contributed by atoms with E-state index in [1.54, 1.807) is 12.3 Å². The molecule has 1 aromatic rings. The van der Waals surface area contributed by atoms with E-state index in [4.69, 9.17) is 5.73 Å². The Hall–Kier alpha value is -1.77. The molecule has 0 unspecified atom stereocenters. The van der Waals surface area contributed by atoms with Crippen molar-refractivity contribution in [2.45, 2.75) is 20.3 Å². The number of hydrogen-bond donors (Lipinski definition) is 2. The Morgan fingerprint density at radius 1 is 1.50 bits per heavy atom. The number of nitrogens with zero attached hydrogens (tertiary/aromatic N) is 1. The monoisotopic (exact) mass is 218 g/mol. The molecule has 0 radical (unpaired) electrons. The molecule has 16 heavy (non-hydrogen) atoms. The molecule has 3 N–H and O–H groups in total. The van der Waals surface area contributed by atoms with E-state index in [2.05, 4.69) is 11.9 Å². The molecule has 1 rings (SSSR count). The minimum Gasteiger partial charge on any atom is -0.508 e. The Morgan fingerprint density at radius 3 is 2.81 bits per heavy atom. The lowest BCUT2D eigenvalue weighted by atomic mass is 10.0. The van der Waals surface area contributed by atoms with Crippen LogP contribution in [0.5, 0.6) is 5.75 Å². The van der Waals surface area contributed by atoms with Crippen LogP contribution in [0, 0.1) is 6.92 Å². The van der Waals surface area contributed by atoms with Gasteiger partial charge >= 0.3 is 0 Å². The number of benzene rings is 1. The summed E-state index contributed by atoms with van der Waals surface area (Å²) in [6.45, 7) is 4.73. The SMILES string of the molecule is CCCN=CC(=CN)c1ccc(O)c(C)c1. The third-order valence-corrected chi connectivity index (χ3v) is 2.29. The normalized spacial score (nSPS) is 12.2. The Kier molecular flexibility index (Phi) is 4.58. The highest BCUT2D eigenvalue weighted by molar-refractivity contribution is 6.09. The molecule has 0 fully saturated rings. The molecule has 3 heteroatoms. The quantitative estimate of drug-likeness (QED) is 0.763. The summed E-state index contributed by atoms with van der Waals surface area (Å²) < 4.78 is 0. The predicted octanol–water partition coefficient (Wildman–Crippen LogP) is 2.48. The standard InChI is InChI=1S/C13H18N2O/c1-3-6-15-9-12(8-14)11-4-5-13(16)10(2)7-11/h4-5,7-9,16H,3,6,14H2,1-2H3. The lowest BCUT2D eigenvalue weighted by molar-refractivity contribution is 0.471. The lowest BCUT2D eigenvalue weighted by Crippen LogP contribution is -1.93. The van der Waals surface area contributed by atoms with Crippen molar-refractivity contribution in [2.75, 3.05) is 6.54 Å². The second-order valence-corrected chi connectivity index (χ2v) is 3.66. The van der Waals surface area contributed by atoms with Crippen LogP contribution >= 0.6 is 0 Å². The van der Waals surface area contributed by atoms with Crippen LogP contribution in [-0.2, 0) is 0 Å². The molecule has 0 aliphatic heterocycles. The maximum Gasteiger partial charge on any atom is 0.118 e. The maximum atomic E-state index is 9.43. The number of hydrogen-bond acceptors (Lipinski definition) is 3. The van der Waals surface area contributed by atoms with Gasteiger partial charge in [0, 0.05) is 24.5 Å². The smallest absolute Gasteiger partial charge is 0.118 e. The van der Waals surface area contributed by atoms with Gasteiger partial charge in [0.25, 0.3) is 0 Å². The molecule has 0 aliphatic carbocycles. The van der Waals surface area contributed by atoms with Crippen LogP contribution in [-0.4, -0.2) is 17.9 Å². The molecule has 3 nitrogen and oxygen atoms in total. The van der Waals surface area contributed by atoms with E-state index in [0.717, 1.165) is 29.7 Å². The molecule has 0 saturated heterocycles. The van der Waals surface area contributed by atoms with E-state index in [9.17, 15) is 5.11 Å². The molecule has 0 atom stereocenters. The van der Waals surface area contributed by atoms with Gasteiger partial charge in [-0.15, -0.1) is 0 Å². The van der Waals surface area contributed by atoms with Gasteiger partial charge in [0.1, 0.15) is 5.75 Å². The summed E-state index contributed by atoms with van der Waals surface area (Å²) in [7, 11) is 0. The Labute approximate surface area is 96.3 Å². The van der Waals surface area contributed by atoms with Gasteiger partial charge in [-0.25, -0.2) is 0 Å². The maximum absolute atomic E-state index is 9.43. The highest BCUT2D eigenvalue weighted by Gasteiger charge is 2.01. The van der Waals surface area contributed by atoms with Gasteiger partial charge in [0.2, 0.25) is 0 Å². The number of aromatic hydroxyl groups is 1.